The Morgan fingerprint density at radius 3 is 3.22 bits per heavy atom. The first-order chi connectivity index (χ1) is 4.43. The summed E-state index contributed by atoms with van der Waals surface area (Å²) in [5.74, 6) is 0. The van der Waals surface area contributed by atoms with E-state index >= 15 is 0 Å². The van der Waals surface area contributed by atoms with Gasteiger partial charge in [0.25, 0.3) is 0 Å². The van der Waals surface area contributed by atoms with Crippen molar-refractivity contribution in [2.75, 3.05) is 13.1 Å². The zero-order valence-corrected chi connectivity index (χ0v) is 5.17. The third-order valence-electron chi connectivity index (χ3n) is 1.32. The fourth-order valence-corrected chi connectivity index (χ4v) is 0.832. The Morgan fingerprint density at radius 2 is 2.67 bits per heavy atom. The maximum atomic E-state index is 8.13. The summed E-state index contributed by atoms with van der Waals surface area (Å²) in [6.45, 7) is 1.87. The predicted octanol–water partition coefficient (Wildman–Crippen LogP) is 0.366. The van der Waals surface area contributed by atoms with E-state index in [1.54, 1.807) is 0 Å². The van der Waals surface area contributed by atoms with Gasteiger partial charge in [0.1, 0.15) is 0 Å². The summed E-state index contributed by atoms with van der Waals surface area (Å²) in [5.41, 5.74) is 1.11. The van der Waals surface area contributed by atoms with Crippen LogP contribution in [0.15, 0.2) is 16.8 Å². The van der Waals surface area contributed by atoms with Gasteiger partial charge in [0.2, 0.25) is 0 Å². The topological polar surface area (TPSA) is 44.6 Å². The number of oxime groups is 1. The third-order valence-corrected chi connectivity index (χ3v) is 1.32. The van der Waals surface area contributed by atoms with Crippen LogP contribution in [0.2, 0.25) is 0 Å². The number of nitrogens with one attached hydrogen (secondary N) is 1. The van der Waals surface area contributed by atoms with Crippen LogP contribution in [-0.2, 0) is 0 Å². The summed E-state index contributed by atoms with van der Waals surface area (Å²) >= 11 is 0. The maximum Gasteiger partial charge on any atom is 0.0691 e. The first kappa shape index (κ1) is 6.29. The molecule has 50 valence electrons. The van der Waals surface area contributed by atoms with Gasteiger partial charge in [-0.25, -0.2) is 0 Å². The highest BCUT2D eigenvalue weighted by Crippen LogP contribution is 1.99. The number of nitrogens with zero attached hydrogens (tertiary/aromatic N) is 1. The molecule has 0 aliphatic carbocycles. The lowest BCUT2D eigenvalue weighted by Crippen LogP contribution is -2.20. The summed E-state index contributed by atoms with van der Waals surface area (Å²) in [6, 6.07) is 0. The molecule has 0 radical (unpaired) electrons. The molecular formula is C6H10N2O. The first-order valence-corrected chi connectivity index (χ1v) is 3.00. The fourth-order valence-electron chi connectivity index (χ4n) is 0.832. The quantitative estimate of drug-likeness (QED) is 0.303. The molecule has 1 aliphatic heterocycles. The van der Waals surface area contributed by atoms with Crippen LogP contribution in [0.3, 0.4) is 0 Å². The van der Waals surface area contributed by atoms with Crippen molar-refractivity contribution in [3.05, 3.63) is 11.6 Å². The van der Waals surface area contributed by atoms with Gasteiger partial charge in [-0.2, -0.15) is 0 Å². The molecule has 0 saturated carbocycles. The van der Waals surface area contributed by atoms with Crippen molar-refractivity contribution < 1.29 is 5.21 Å². The highest BCUT2D eigenvalue weighted by atomic mass is 16.4. The van der Waals surface area contributed by atoms with Crippen molar-refractivity contribution in [3.63, 3.8) is 0 Å². The molecule has 2 N–H and O–H groups in total. The number of hydrogen-bond acceptors (Lipinski definition) is 3. The molecule has 0 spiro atoms. The molecule has 0 amide bonds. The molecule has 1 heterocycles. The van der Waals surface area contributed by atoms with Crippen LogP contribution in [0.25, 0.3) is 0 Å². The van der Waals surface area contributed by atoms with Gasteiger partial charge < -0.3 is 10.5 Å². The van der Waals surface area contributed by atoms with Crippen LogP contribution in [0.5, 0.6) is 0 Å². The van der Waals surface area contributed by atoms with Crippen molar-refractivity contribution in [1.82, 2.24) is 5.32 Å². The van der Waals surface area contributed by atoms with Gasteiger partial charge in [-0.05, 0) is 18.5 Å². The summed E-state index contributed by atoms with van der Waals surface area (Å²) in [4.78, 5) is 0. The van der Waals surface area contributed by atoms with E-state index in [1.807, 2.05) is 6.08 Å². The van der Waals surface area contributed by atoms with Crippen LogP contribution in [0.4, 0.5) is 0 Å². The smallest absolute Gasteiger partial charge is 0.0691 e. The van der Waals surface area contributed by atoms with E-state index in [-0.39, 0.29) is 0 Å². The zero-order chi connectivity index (χ0) is 6.53. The van der Waals surface area contributed by atoms with Crippen molar-refractivity contribution >= 4 is 6.21 Å². The second kappa shape index (κ2) is 3.25. The Labute approximate surface area is 54.1 Å². The molecule has 0 atom stereocenters. The van der Waals surface area contributed by atoms with Gasteiger partial charge in [-0.3, -0.25) is 0 Å². The van der Waals surface area contributed by atoms with Crippen molar-refractivity contribution in [3.8, 4) is 0 Å². The summed E-state index contributed by atoms with van der Waals surface area (Å²) in [5, 5.41) is 14.2. The monoisotopic (exact) mass is 126 g/mol. The molecule has 0 fully saturated rings. The van der Waals surface area contributed by atoms with Crippen LogP contribution < -0.4 is 5.32 Å². The molecule has 0 saturated heterocycles. The summed E-state index contributed by atoms with van der Waals surface area (Å²) in [7, 11) is 0. The van der Waals surface area contributed by atoms with Crippen LogP contribution in [0, 0.1) is 0 Å². The first-order valence-electron chi connectivity index (χ1n) is 3.00. The average molecular weight is 126 g/mol. The normalized spacial score (nSPS) is 20.2. The molecule has 3 heteroatoms. The largest absolute Gasteiger partial charge is 0.411 e. The molecular weight excluding hydrogens is 116 g/mol. The van der Waals surface area contributed by atoms with E-state index in [0.717, 1.165) is 25.1 Å². The fraction of sp³-hybridized carbons (Fsp3) is 0.500. The minimum absolute atomic E-state index is 0.890. The van der Waals surface area contributed by atoms with Gasteiger partial charge >= 0.3 is 0 Å². The Kier molecular flexibility index (Phi) is 2.27. The summed E-state index contributed by atoms with van der Waals surface area (Å²) < 4.78 is 0. The van der Waals surface area contributed by atoms with Gasteiger partial charge in [-0.15, -0.1) is 0 Å². The molecule has 1 aliphatic rings. The predicted molar refractivity (Wildman–Crippen MR) is 35.8 cm³/mol. The molecule has 1 rings (SSSR count). The van der Waals surface area contributed by atoms with E-state index in [0.29, 0.717) is 0 Å². The van der Waals surface area contributed by atoms with Gasteiger partial charge in [0, 0.05) is 6.54 Å². The molecule has 0 bridgehead atoms. The Bertz CT molecular complexity index is 140. The molecule has 3 nitrogen and oxygen atoms in total. The minimum atomic E-state index is 0.890. The second-order valence-electron chi connectivity index (χ2n) is 1.98. The third kappa shape index (κ3) is 1.85. The van der Waals surface area contributed by atoms with Gasteiger partial charge in [0.05, 0.1) is 6.21 Å². The molecule has 0 aromatic heterocycles. The van der Waals surface area contributed by atoms with E-state index in [2.05, 4.69) is 10.5 Å². The number of hydrogen-bond donors (Lipinski definition) is 2. The van der Waals surface area contributed by atoms with Gasteiger partial charge in [-0.1, -0.05) is 11.2 Å². The van der Waals surface area contributed by atoms with Crippen LogP contribution >= 0.6 is 0 Å². The number of rotatable bonds is 1. The van der Waals surface area contributed by atoms with E-state index in [1.165, 1.54) is 6.21 Å². The second-order valence-corrected chi connectivity index (χ2v) is 1.98. The van der Waals surface area contributed by atoms with Crippen LogP contribution in [0.1, 0.15) is 6.42 Å². The highest BCUT2D eigenvalue weighted by Gasteiger charge is 1.97. The lowest BCUT2D eigenvalue weighted by atomic mass is 10.1. The van der Waals surface area contributed by atoms with Crippen molar-refractivity contribution in [2.24, 2.45) is 5.16 Å². The average Bonchev–Trinajstić information content (AvgIpc) is 1.91. The molecule has 0 aromatic rings. The van der Waals surface area contributed by atoms with E-state index in [4.69, 9.17) is 5.21 Å². The standard InChI is InChI=1S/C6H10N2O/c9-8-5-6-1-3-7-4-2-6/h1,5,7,9H,2-4H2. The molecule has 0 unspecified atom stereocenters. The van der Waals surface area contributed by atoms with Crippen LogP contribution in [-0.4, -0.2) is 24.5 Å². The van der Waals surface area contributed by atoms with Crippen molar-refractivity contribution in [2.45, 2.75) is 6.42 Å². The van der Waals surface area contributed by atoms with Gasteiger partial charge in [0.15, 0.2) is 0 Å². The molecule has 9 heavy (non-hydrogen) atoms. The van der Waals surface area contributed by atoms with Crippen molar-refractivity contribution in [1.29, 1.82) is 0 Å². The lowest BCUT2D eigenvalue weighted by molar-refractivity contribution is 0.321. The Morgan fingerprint density at radius 1 is 1.78 bits per heavy atom. The molecule has 0 aromatic carbocycles. The lowest BCUT2D eigenvalue weighted by Gasteiger charge is -2.08. The van der Waals surface area contributed by atoms with E-state index in [9.17, 15) is 0 Å². The summed E-state index contributed by atoms with van der Waals surface area (Å²) in [6.07, 6.45) is 4.47. The highest BCUT2D eigenvalue weighted by molar-refractivity contribution is 5.78. The zero-order valence-electron chi connectivity index (χ0n) is 5.17. The van der Waals surface area contributed by atoms with E-state index < -0.39 is 0 Å². The SMILES string of the molecule is ON=CC1=CCNCC1. The Balaban J connectivity index is 2.46. The minimum Gasteiger partial charge on any atom is -0.411 e. The maximum absolute atomic E-state index is 8.13. The Hall–Kier alpha value is -0.830.